The number of hydrogen-bond donors (Lipinski definition) is 1. The highest BCUT2D eigenvalue weighted by molar-refractivity contribution is 14.1. The van der Waals surface area contributed by atoms with E-state index in [0.717, 1.165) is 0 Å². The number of halogens is 4. The normalized spacial score (nSPS) is 10.9. The summed E-state index contributed by atoms with van der Waals surface area (Å²) in [6, 6.07) is 0. The summed E-state index contributed by atoms with van der Waals surface area (Å²) in [7, 11) is 0. The quantitative estimate of drug-likeness (QED) is 0.760. The Morgan fingerprint density at radius 2 is 2.00 bits per heavy atom. The van der Waals surface area contributed by atoms with Crippen molar-refractivity contribution in [1.29, 1.82) is 0 Å². The zero-order valence-electron chi connectivity index (χ0n) is 6.27. The average Bonchev–Trinajstić information content (AvgIpc) is 2.09. The lowest BCUT2D eigenvalue weighted by Gasteiger charge is -2.07. The van der Waals surface area contributed by atoms with E-state index in [1.54, 1.807) is 0 Å². The summed E-state index contributed by atoms with van der Waals surface area (Å²) in [5, 5.41) is 8.84. The Morgan fingerprint density at radius 3 is 2.46 bits per heavy atom. The number of hydrogen-bond acceptors (Lipinski definition) is 2. The number of aliphatic hydroxyl groups is 1. The molecule has 0 bridgehead atoms. The molecule has 0 radical (unpaired) electrons. The molecule has 0 atom stereocenters. The molecule has 72 valence electrons. The van der Waals surface area contributed by atoms with E-state index >= 15 is 0 Å². The summed E-state index contributed by atoms with van der Waals surface area (Å²) in [5.74, 6) is 0. The molecule has 1 aromatic rings. The molecule has 1 heterocycles. The molecule has 1 N–H and O–H groups in total. The molecule has 1 aromatic heterocycles. The van der Waals surface area contributed by atoms with Crippen LogP contribution in [0.5, 0.6) is 0 Å². The van der Waals surface area contributed by atoms with Crippen LogP contribution in [0, 0.1) is 7.14 Å². The molecule has 0 aromatic carbocycles. The summed E-state index contributed by atoms with van der Waals surface area (Å²) in [4.78, 5) is 3.59. The van der Waals surface area contributed by atoms with Gasteiger partial charge in [-0.1, -0.05) is 0 Å². The number of aliphatic hydroxyl groups excluding tert-OH is 1. The fraction of sp³-hybridized carbons (Fsp3) is 0.286. The van der Waals surface area contributed by atoms with Gasteiger partial charge in [-0.3, -0.25) is 4.98 Å². The molecule has 0 spiro atoms. The molecule has 6 heteroatoms. The minimum absolute atomic E-state index is 0.176. The van der Waals surface area contributed by atoms with Crippen LogP contribution in [0.25, 0.3) is 0 Å². The van der Waals surface area contributed by atoms with Crippen LogP contribution < -0.4 is 0 Å². The number of aromatic nitrogens is 1. The highest BCUT2D eigenvalue weighted by atomic mass is 127. The minimum Gasteiger partial charge on any atom is -0.392 e. The minimum atomic E-state index is -2.56. The van der Waals surface area contributed by atoms with Gasteiger partial charge in [0.25, 0.3) is 6.43 Å². The highest BCUT2D eigenvalue weighted by Gasteiger charge is 2.17. The van der Waals surface area contributed by atoms with Gasteiger partial charge in [-0.2, -0.15) is 0 Å². The third-order valence-electron chi connectivity index (χ3n) is 1.44. The second kappa shape index (κ2) is 4.78. The molecule has 0 aliphatic rings. The van der Waals surface area contributed by atoms with Crippen molar-refractivity contribution in [2.45, 2.75) is 13.0 Å². The first kappa shape index (κ1) is 11.5. The third-order valence-corrected chi connectivity index (χ3v) is 4.79. The van der Waals surface area contributed by atoms with E-state index in [1.807, 2.05) is 45.2 Å². The van der Waals surface area contributed by atoms with Crippen LogP contribution in [0.15, 0.2) is 6.20 Å². The van der Waals surface area contributed by atoms with Crippen LogP contribution in [0.4, 0.5) is 8.78 Å². The van der Waals surface area contributed by atoms with E-state index in [0.29, 0.717) is 12.7 Å². The standard InChI is InChI=1S/C7H5F2I2NO/c8-7(9)6-5(11)4(10)3(2-13)1-12-6/h1,7,13H,2H2. The summed E-state index contributed by atoms with van der Waals surface area (Å²) < 4.78 is 25.7. The first-order valence-corrected chi connectivity index (χ1v) is 5.45. The van der Waals surface area contributed by atoms with Gasteiger partial charge >= 0.3 is 0 Å². The van der Waals surface area contributed by atoms with Gasteiger partial charge in [0.05, 0.1) is 10.2 Å². The summed E-state index contributed by atoms with van der Waals surface area (Å²) >= 11 is 3.73. The van der Waals surface area contributed by atoms with Crippen molar-refractivity contribution in [1.82, 2.24) is 4.98 Å². The van der Waals surface area contributed by atoms with E-state index in [1.165, 1.54) is 6.20 Å². The second-order valence-electron chi connectivity index (χ2n) is 2.26. The van der Waals surface area contributed by atoms with Crippen molar-refractivity contribution in [3.8, 4) is 0 Å². The number of pyridine rings is 1. The van der Waals surface area contributed by atoms with E-state index in [-0.39, 0.29) is 12.3 Å². The Labute approximate surface area is 101 Å². The largest absolute Gasteiger partial charge is 0.392 e. The van der Waals surface area contributed by atoms with Gasteiger partial charge in [0, 0.05) is 15.3 Å². The van der Waals surface area contributed by atoms with Gasteiger partial charge < -0.3 is 5.11 Å². The smallest absolute Gasteiger partial charge is 0.281 e. The maximum atomic E-state index is 12.3. The zero-order valence-corrected chi connectivity index (χ0v) is 10.6. The van der Waals surface area contributed by atoms with Crippen LogP contribution in [0.2, 0.25) is 0 Å². The van der Waals surface area contributed by atoms with Crippen LogP contribution in [-0.4, -0.2) is 10.1 Å². The van der Waals surface area contributed by atoms with Gasteiger partial charge in [-0.25, -0.2) is 8.78 Å². The SMILES string of the molecule is OCc1cnc(C(F)F)c(I)c1I. The maximum Gasteiger partial charge on any atom is 0.281 e. The van der Waals surface area contributed by atoms with E-state index in [9.17, 15) is 8.78 Å². The number of rotatable bonds is 2. The predicted octanol–water partition coefficient (Wildman–Crippen LogP) is 2.72. The lowest BCUT2D eigenvalue weighted by Crippen LogP contribution is -2.01. The van der Waals surface area contributed by atoms with Gasteiger partial charge in [0.15, 0.2) is 0 Å². The lowest BCUT2D eigenvalue weighted by molar-refractivity contribution is 0.144. The maximum absolute atomic E-state index is 12.3. The number of nitrogens with zero attached hydrogens (tertiary/aromatic N) is 1. The Kier molecular flexibility index (Phi) is 4.23. The van der Waals surface area contributed by atoms with Crippen LogP contribution >= 0.6 is 45.2 Å². The van der Waals surface area contributed by atoms with Crippen molar-refractivity contribution >= 4 is 45.2 Å². The molecule has 0 fully saturated rings. The Hall–Kier alpha value is 0.430. The molecular weight excluding hydrogens is 406 g/mol. The van der Waals surface area contributed by atoms with Crippen LogP contribution in [0.3, 0.4) is 0 Å². The van der Waals surface area contributed by atoms with Gasteiger partial charge in [0.1, 0.15) is 5.69 Å². The van der Waals surface area contributed by atoms with Crippen molar-refractivity contribution in [2.75, 3.05) is 0 Å². The summed E-state index contributed by atoms with van der Waals surface area (Å²) in [6.07, 6.45) is -1.28. The van der Waals surface area contributed by atoms with Crippen LogP contribution in [-0.2, 0) is 6.61 Å². The fourth-order valence-electron chi connectivity index (χ4n) is 0.777. The van der Waals surface area contributed by atoms with Gasteiger partial charge in [-0.15, -0.1) is 0 Å². The Balaban J connectivity index is 3.23. The molecule has 13 heavy (non-hydrogen) atoms. The molecule has 0 unspecified atom stereocenters. The highest BCUT2D eigenvalue weighted by Crippen LogP contribution is 2.27. The molecule has 0 saturated carbocycles. The van der Waals surface area contributed by atoms with Gasteiger partial charge in [-0.05, 0) is 45.2 Å². The first-order valence-electron chi connectivity index (χ1n) is 3.29. The van der Waals surface area contributed by atoms with Crippen molar-refractivity contribution in [2.24, 2.45) is 0 Å². The third kappa shape index (κ3) is 2.46. The molecule has 0 aliphatic heterocycles. The Bertz CT molecular complexity index is 320. The van der Waals surface area contributed by atoms with Crippen LogP contribution in [0.1, 0.15) is 17.7 Å². The fourth-order valence-corrected chi connectivity index (χ4v) is 2.08. The predicted molar refractivity (Wildman–Crippen MR) is 60.6 cm³/mol. The monoisotopic (exact) mass is 411 g/mol. The molecule has 2 nitrogen and oxygen atoms in total. The van der Waals surface area contributed by atoms with E-state index < -0.39 is 6.43 Å². The summed E-state index contributed by atoms with van der Waals surface area (Å²) in [6.45, 7) is -0.176. The molecular formula is C7H5F2I2NO. The molecule has 1 rings (SSSR count). The number of alkyl halides is 2. The van der Waals surface area contributed by atoms with Gasteiger partial charge in [0.2, 0.25) is 0 Å². The van der Waals surface area contributed by atoms with Crippen molar-refractivity contribution < 1.29 is 13.9 Å². The van der Waals surface area contributed by atoms with E-state index in [2.05, 4.69) is 4.98 Å². The molecule has 0 saturated heterocycles. The molecule has 0 amide bonds. The molecule has 0 aliphatic carbocycles. The van der Waals surface area contributed by atoms with Crippen molar-refractivity contribution in [3.63, 3.8) is 0 Å². The van der Waals surface area contributed by atoms with E-state index in [4.69, 9.17) is 5.11 Å². The Morgan fingerprint density at radius 1 is 1.38 bits per heavy atom. The zero-order chi connectivity index (χ0) is 10.0. The van der Waals surface area contributed by atoms with Crippen molar-refractivity contribution in [3.05, 3.63) is 24.6 Å². The second-order valence-corrected chi connectivity index (χ2v) is 4.41. The lowest BCUT2D eigenvalue weighted by atomic mass is 10.2. The first-order chi connectivity index (χ1) is 6.07. The average molecular weight is 411 g/mol. The topological polar surface area (TPSA) is 33.1 Å². The summed E-state index contributed by atoms with van der Waals surface area (Å²) in [5.41, 5.74) is 0.358.